The molecule has 0 aliphatic carbocycles. The van der Waals surface area contributed by atoms with Crippen LogP contribution in [0.2, 0.25) is 0 Å². The van der Waals surface area contributed by atoms with Gasteiger partial charge in [0.2, 0.25) is 0 Å². The third-order valence-corrected chi connectivity index (χ3v) is 3.26. The second-order valence-corrected chi connectivity index (χ2v) is 5.52. The zero-order valence-corrected chi connectivity index (χ0v) is 12.3. The zero-order valence-electron chi connectivity index (χ0n) is 10.7. The van der Waals surface area contributed by atoms with Gasteiger partial charge in [-0.25, -0.2) is 4.39 Å². The van der Waals surface area contributed by atoms with E-state index < -0.39 is 5.82 Å². The maximum atomic E-state index is 13.7. The summed E-state index contributed by atoms with van der Waals surface area (Å²) < 4.78 is 16.1. The summed E-state index contributed by atoms with van der Waals surface area (Å²) in [7, 11) is 0. The summed E-state index contributed by atoms with van der Waals surface area (Å²) >= 11 is 3.16. The molecule has 0 amide bonds. The van der Waals surface area contributed by atoms with Gasteiger partial charge in [0.05, 0.1) is 17.7 Å². The molecule has 0 spiro atoms. The molecular formula is C14H14BrFN2O. The average molecular weight is 325 g/mol. The molecule has 1 heterocycles. The summed E-state index contributed by atoms with van der Waals surface area (Å²) in [6.45, 7) is 4.01. The van der Waals surface area contributed by atoms with E-state index in [0.29, 0.717) is 10.2 Å². The third kappa shape index (κ3) is 3.29. The molecule has 1 aromatic heterocycles. The van der Waals surface area contributed by atoms with Crippen molar-refractivity contribution in [3.8, 4) is 0 Å². The lowest BCUT2D eigenvalue weighted by Crippen LogP contribution is -2.08. The van der Waals surface area contributed by atoms with Gasteiger partial charge in [0, 0.05) is 16.7 Å². The number of hydrogen-bond acceptors (Lipinski definition) is 2. The first-order valence-electron chi connectivity index (χ1n) is 5.99. The minimum atomic E-state index is -0.511. The molecule has 0 N–H and O–H groups in total. The number of aromatic nitrogens is 2. The molecule has 0 aliphatic rings. The van der Waals surface area contributed by atoms with E-state index in [9.17, 15) is 9.18 Å². The maximum Gasteiger partial charge on any atom is 0.171 e. The number of hydrogen-bond donors (Lipinski definition) is 0. The Morgan fingerprint density at radius 2 is 2.16 bits per heavy atom. The van der Waals surface area contributed by atoms with Gasteiger partial charge in [-0.05, 0) is 38.1 Å². The minimum Gasteiger partial charge on any atom is -0.294 e. The number of carbonyl (C=O) groups is 1. The van der Waals surface area contributed by atoms with Crippen LogP contribution in [0.1, 0.15) is 35.9 Å². The Balaban J connectivity index is 2.16. The standard InChI is InChI=1S/C14H14BrFN2O/c1-9(2)18-6-5-11(17-18)8-14(19)12-4-3-10(15)7-13(12)16/h3-7,9H,8H2,1-2H3. The fourth-order valence-corrected chi connectivity index (χ4v) is 2.07. The van der Waals surface area contributed by atoms with E-state index >= 15 is 0 Å². The Kier molecular flexibility index (Phi) is 4.14. The monoisotopic (exact) mass is 324 g/mol. The lowest BCUT2D eigenvalue weighted by atomic mass is 10.1. The molecule has 0 unspecified atom stereocenters. The molecular weight excluding hydrogens is 311 g/mol. The van der Waals surface area contributed by atoms with E-state index in [1.807, 2.05) is 20.0 Å². The highest BCUT2D eigenvalue weighted by Crippen LogP contribution is 2.17. The molecule has 100 valence electrons. The molecule has 0 aliphatic heterocycles. The molecule has 0 fully saturated rings. The van der Waals surface area contributed by atoms with Crippen molar-refractivity contribution < 1.29 is 9.18 Å². The highest BCUT2D eigenvalue weighted by atomic mass is 79.9. The quantitative estimate of drug-likeness (QED) is 0.802. The van der Waals surface area contributed by atoms with Crippen molar-refractivity contribution in [3.05, 3.63) is 52.0 Å². The van der Waals surface area contributed by atoms with Crippen molar-refractivity contribution in [1.82, 2.24) is 9.78 Å². The number of Topliss-reactive ketones (excluding diaryl/α,β-unsaturated/α-hetero) is 1. The van der Waals surface area contributed by atoms with Crippen molar-refractivity contribution >= 4 is 21.7 Å². The van der Waals surface area contributed by atoms with Crippen molar-refractivity contribution in [3.63, 3.8) is 0 Å². The zero-order chi connectivity index (χ0) is 14.0. The molecule has 2 aromatic rings. The Labute approximate surface area is 119 Å². The fourth-order valence-electron chi connectivity index (χ4n) is 1.73. The van der Waals surface area contributed by atoms with E-state index in [1.165, 1.54) is 12.1 Å². The van der Waals surface area contributed by atoms with Crippen LogP contribution in [0.5, 0.6) is 0 Å². The molecule has 0 saturated carbocycles. The largest absolute Gasteiger partial charge is 0.294 e. The van der Waals surface area contributed by atoms with Gasteiger partial charge in [0.1, 0.15) is 5.82 Å². The minimum absolute atomic E-state index is 0.0993. The van der Waals surface area contributed by atoms with Crippen LogP contribution in [-0.2, 0) is 6.42 Å². The van der Waals surface area contributed by atoms with Gasteiger partial charge in [-0.2, -0.15) is 5.10 Å². The predicted molar refractivity (Wildman–Crippen MR) is 74.7 cm³/mol. The molecule has 0 atom stereocenters. The van der Waals surface area contributed by atoms with Gasteiger partial charge in [-0.3, -0.25) is 9.48 Å². The highest BCUT2D eigenvalue weighted by molar-refractivity contribution is 9.10. The number of ketones is 1. The van der Waals surface area contributed by atoms with Gasteiger partial charge in [0.15, 0.2) is 5.78 Å². The van der Waals surface area contributed by atoms with Gasteiger partial charge in [0.25, 0.3) is 0 Å². The van der Waals surface area contributed by atoms with Crippen LogP contribution in [0, 0.1) is 5.82 Å². The Morgan fingerprint density at radius 3 is 2.74 bits per heavy atom. The Morgan fingerprint density at radius 1 is 1.42 bits per heavy atom. The second kappa shape index (κ2) is 5.65. The number of nitrogens with zero attached hydrogens (tertiary/aromatic N) is 2. The summed E-state index contributed by atoms with van der Waals surface area (Å²) in [6, 6.07) is 6.46. The number of benzene rings is 1. The number of rotatable bonds is 4. The summed E-state index contributed by atoms with van der Waals surface area (Å²) in [5.74, 6) is -0.776. The van der Waals surface area contributed by atoms with Crippen LogP contribution in [0.25, 0.3) is 0 Å². The van der Waals surface area contributed by atoms with E-state index in [0.717, 1.165) is 0 Å². The average Bonchev–Trinajstić information content (AvgIpc) is 2.77. The molecule has 3 nitrogen and oxygen atoms in total. The van der Waals surface area contributed by atoms with E-state index in [-0.39, 0.29) is 23.8 Å². The van der Waals surface area contributed by atoms with E-state index in [4.69, 9.17) is 0 Å². The normalized spacial score (nSPS) is 11.0. The van der Waals surface area contributed by atoms with Crippen molar-refractivity contribution in [2.45, 2.75) is 26.3 Å². The van der Waals surface area contributed by atoms with Gasteiger partial charge < -0.3 is 0 Å². The molecule has 0 saturated heterocycles. The first kappa shape index (κ1) is 13.9. The van der Waals surface area contributed by atoms with Gasteiger partial charge >= 0.3 is 0 Å². The molecule has 19 heavy (non-hydrogen) atoms. The maximum absolute atomic E-state index is 13.7. The predicted octanol–water partition coefficient (Wildman–Crippen LogP) is 3.79. The Hall–Kier alpha value is -1.49. The molecule has 0 radical (unpaired) electrons. The van der Waals surface area contributed by atoms with Crippen LogP contribution >= 0.6 is 15.9 Å². The topological polar surface area (TPSA) is 34.9 Å². The first-order valence-corrected chi connectivity index (χ1v) is 6.79. The van der Waals surface area contributed by atoms with Crippen LogP contribution in [-0.4, -0.2) is 15.6 Å². The fraction of sp³-hybridized carbons (Fsp3) is 0.286. The Bertz CT molecular complexity index is 607. The highest BCUT2D eigenvalue weighted by Gasteiger charge is 2.14. The summed E-state index contributed by atoms with van der Waals surface area (Å²) in [5, 5.41) is 4.29. The molecule has 5 heteroatoms. The van der Waals surface area contributed by atoms with Gasteiger partial charge in [-0.15, -0.1) is 0 Å². The van der Waals surface area contributed by atoms with E-state index in [2.05, 4.69) is 21.0 Å². The lowest BCUT2D eigenvalue weighted by Gasteiger charge is -2.04. The first-order chi connectivity index (χ1) is 8.97. The number of halogens is 2. The van der Waals surface area contributed by atoms with Crippen molar-refractivity contribution in [2.24, 2.45) is 0 Å². The summed E-state index contributed by atoms with van der Waals surface area (Å²) in [6.07, 6.45) is 1.93. The molecule has 0 bridgehead atoms. The smallest absolute Gasteiger partial charge is 0.171 e. The van der Waals surface area contributed by atoms with Crippen LogP contribution < -0.4 is 0 Å². The summed E-state index contributed by atoms with van der Waals surface area (Å²) in [4.78, 5) is 12.0. The van der Waals surface area contributed by atoms with Crippen LogP contribution in [0.15, 0.2) is 34.9 Å². The summed E-state index contributed by atoms with van der Waals surface area (Å²) in [5.41, 5.74) is 0.753. The lowest BCUT2D eigenvalue weighted by molar-refractivity contribution is 0.0988. The van der Waals surface area contributed by atoms with Crippen molar-refractivity contribution in [1.29, 1.82) is 0 Å². The van der Waals surface area contributed by atoms with Crippen molar-refractivity contribution in [2.75, 3.05) is 0 Å². The number of carbonyl (C=O) groups excluding carboxylic acids is 1. The molecule has 2 rings (SSSR count). The van der Waals surface area contributed by atoms with E-state index in [1.54, 1.807) is 16.8 Å². The SMILES string of the molecule is CC(C)n1ccc(CC(=O)c2ccc(Br)cc2F)n1. The molecule has 1 aromatic carbocycles. The van der Waals surface area contributed by atoms with Crippen LogP contribution in [0.4, 0.5) is 4.39 Å². The third-order valence-electron chi connectivity index (χ3n) is 2.77. The van der Waals surface area contributed by atoms with Gasteiger partial charge in [-0.1, -0.05) is 15.9 Å². The van der Waals surface area contributed by atoms with Crippen LogP contribution in [0.3, 0.4) is 0 Å². The second-order valence-electron chi connectivity index (χ2n) is 4.60.